The molecule has 2 aromatic carbocycles. The summed E-state index contributed by atoms with van der Waals surface area (Å²) >= 11 is 0. The van der Waals surface area contributed by atoms with E-state index >= 15 is 0 Å². The number of aromatic carboxylic acids is 1. The molecule has 0 aliphatic carbocycles. The molecule has 3 rings (SSSR count). The second kappa shape index (κ2) is 4.81. The predicted octanol–water partition coefficient (Wildman–Crippen LogP) is 3.53. The summed E-state index contributed by atoms with van der Waals surface area (Å²) in [4.78, 5) is 11.3. The lowest BCUT2D eigenvalue weighted by Gasteiger charge is -2.08. The summed E-state index contributed by atoms with van der Waals surface area (Å²) in [6.45, 7) is 0.436. The molecule has 1 aromatic heterocycles. The second-order valence-electron chi connectivity index (χ2n) is 4.62. The maximum absolute atomic E-state index is 13.2. The lowest BCUT2D eigenvalue weighted by atomic mass is 10.1. The van der Waals surface area contributed by atoms with Crippen LogP contribution in [0.1, 0.15) is 15.9 Å². The molecule has 0 aliphatic rings. The number of hydrogen-bond acceptors (Lipinski definition) is 1. The molecule has 0 saturated carbocycles. The van der Waals surface area contributed by atoms with Gasteiger partial charge in [-0.1, -0.05) is 24.3 Å². The highest BCUT2D eigenvalue weighted by atomic mass is 19.1. The van der Waals surface area contributed by atoms with Gasteiger partial charge in [0.05, 0.1) is 11.1 Å². The van der Waals surface area contributed by atoms with Gasteiger partial charge >= 0.3 is 5.97 Å². The number of carbonyl (C=O) groups is 1. The molecule has 0 atom stereocenters. The number of fused-ring (bicyclic) bond motifs is 1. The molecule has 0 aliphatic heterocycles. The molecule has 100 valence electrons. The summed E-state index contributed by atoms with van der Waals surface area (Å²) in [6.07, 6.45) is 1.82. The van der Waals surface area contributed by atoms with E-state index in [0.717, 1.165) is 10.9 Å². The third-order valence-electron chi connectivity index (χ3n) is 3.26. The number of hydrogen-bond donors (Lipinski definition) is 1. The van der Waals surface area contributed by atoms with Crippen LogP contribution in [0.5, 0.6) is 0 Å². The van der Waals surface area contributed by atoms with E-state index in [1.807, 2.05) is 29.0 Å². The average molecular weight is 269 g/mol. The molecular formula is C16H12FNO2. The van der Waals surface area contributed by atoms with Crippen molar-refractivity contribution in [2.24, 2.45) is 0 Å². The van der Waals surface area contributed by atoms with Gasteiger partial charge < -0.3 is 9.67 Å². The Morgan fingerprint density at radius 1 is 1.15 bits per heavy atom. The molecule has 0 radical (unpaired) electrons. The first-order valence-electron chi connectivity index (χ1n) is 6.21. The predicted molar refractivity (Wildman–Crippen MR) is 74.4 cm³/mol. The second-order valence-corrected chi connectivity index (χ2v) is 4.62. The highest BCUT2D eigenvalue weighted by Gasteiger charge is 2.12. The van der Waals surface area contributed by atoms with Crippen molar-refractivity contribution < 1.29 is 14.3 Å². The van der Waals surface area contributed by atoms with Gasteiger partial charge in [0.2, 0.25) is 0 Å². The quantitative estimate of drug-likeness (QED) is 0.790. The Morgan fingerprint density at radius 3 is 2.70 bits per heavy atom. The van der Waals surface area contributed by atoms with E-state index in [4.69, 9.17) is 0 Å². The van der Waals surface area contributed by atoms with Crippen molar-refractivity contribution in [1.82, 2.24) is 4.57 Å². The van der Waals surface area contributed by atoms with Crippen LogP contribution in [-0.4, -0.2) is 15.6 Å². The Labute approximate surface area is 114 Å². The fourth-order valence-electron chi connectivity index (χ4n) is 2.40. The molecule has 0 fully saturated rings. The lowest BCUT2D eigenvalue weighted by Crippen LogP contribution is -2.04. The van der Waals surface area contributed by atoms with E-state index in [0.29, 0.717) is 12.1 Å². The zero-order chi connectivity index (χ0) is 14.1. The van der Waals surface area contributed by atoms with Gasteiger partial charge in [-0.3, -0.25) is 0 Å². The normalized spacial score (nSPS) is 10.8. The van der Waals surface area contributed by atoms with Crippen LogP contribution in [0.25, 0.3) is 10.9 Å². The minimum absolute atomic E-state index is 0.254. The van der Waals surface area contributed by atoms with Crippen LogP contribution in [-0.2, 0) is 6.54 Å². The van der Waals surface area contributed by atoms with Gasteiger partial charge in [0.15, 0.2) is 0 Å². The molecule has 20 heavy (non-hydrogen) atoms. The number of carboxylic acids is 1. The van der Waals surface area contributed by atoms with Crippen LogP contribution >= 0.6 is 0 Å². The molecule has 3 nitrogen and oxygen atoms in total. The number of carboxylic acid groups (broad SMARTS) is 1. The minimum atomic E-state index is -0.963. The van der Waals surface area contributed by atoms with Gasteiger partial charge in [0.25, 0.3) is 0 Å². The number of benzene rings is 2. The maximum Gasteiger partial charge on any atom is 0.337 e. The lowest BCUT2D eigenvalue weighted by molar-refractivity contribution is 0.0698. The Hall–Kier alpha value is -2.62. The van der Waals surface area contributed by atoms with Crippen molar-refractivity contribution in [2.75, 3.05) is 0 Å². The van der Waals surface area contributed by atoms with Gasteiger partial charge in [0.1, 0.15) is 5.82 Å². The highest BCUT2D eigenvalue weighted by molar-refractivity contribution is 6.02. The number of rotatable bonds is 3. The zero-order valence-corrected chi connectivity index (χ0v) is 10.6. The first-order valence-corrected chi connectivity index (χ1v) is 6.21. The molecule has 1 N–H and O–H groups in total. The summed E-state index contributed by atoms with van der Waals surface area (Å²) in [5.41, 5.74) is 1.70. The average Bonchev–Trinajstić information content (AvgIpc) is 2.82. The van der Waals surface area contributed by atoms with Gasteiger partial charge in [-0.2, -0.15) is 0 Å². The summed E-state index contributed by atoms with van der Waals surface area (Å²) in [5.74, 6) is -1.26. The minimum Gasteiger partial charge on any atom is -0.478 e. The van der Waals surface area contributed by atoms with E-state index < -0.39 is 5.97 Å². The van der Waals surface area contributed by atoms with E-state index in [9.17, 15) is 14.3 Å². The Bertz CT molecular complexity index is 792. The molecule has 0 bridgehead atoms. The summed E-state index contributed by atoms with van der Waals surface area (Å²) < 4.78 is 15.0. The van der Waals surface area contributed by atoms with Crippen molar-refractivity contribution in [3.05, 3.63) is 71.7 Å². The summed E-state index contributed by atoms with van der Waals surface area (Å²) in [5, 5.41) is 10.1. The SMILES string of the molecule is O=C(O)c1cccc2ccn(Cc3cccc(F)c3)c12. The highest BCUT2D eigenvalue weighted by Crippen LogP contribution is 2.21. The van der Waals surface area contributed by atoms with Crippen LogP contribution in [0.2, 0.25) is 0 Å². The third-order valence-corrected chi connectivity index (χ3v) is 3.26. The maximum atomic E-state index is 13.2. The summed E-state index contributed by atoms with van der Waals surface area (Å²) in [7, 11) is 0. The van der Waals surface area contributed by atoms with E-state index in [1.54, 1.807) is 18.2 Å². The monoisotopic (exact) mass is 269 g/mol. The van der Waals surface area contributed by atoms with Crippen molar-refractivity contribution >= 4 is 16.9 Å². The summed E-state index contributed by atoms with van der Waals surface area (Å²) in [6, 6.07) is 13.3. The third kappa shape index (κ3) is 2.16. The topological polar surface area (TPSA) is 42.2 Å². The Morgan fingerprint density at radius 2 is 1.95 bits per heavy atom. The molecule has 0 amide bonds. The van der Waals surface area contributed by atoms with E-state index in [-0.39, 0.29) is 11.4 Å². The zero-order valence-electron chi connectivity index (χ0n) is 10.6. The van der Waals surface area contributed by atoms with Crippen LogP contribution in [0.15, 0.2) is 54.7 Å². The van der Waals surface area contributed by atoms with Crippen LogP contribution in [0.3, 0.4) is 0 Å². The van der Waals surface area contributed by atoms with Crippen LogP contribution in [0.4, 0.5) is 4.39 Å². The smallest absolute Gasteiger partial charge is 0.337 e. The molecule has 3 aromatic rings. The van der Waals surface area contributed by atoms with Crippen molar-refractivity contribution in [3.8, 4) is 0 Å². The van der Waals surface area contributed by atoms with E-state index in [1.165, 1.54) is 12.1 Å². The standard InChI is InChI=1S/C16H12FNO2/c17-13-5-1-3-11(9-13)10-18-8-7-12-4-2-6-14(15(12)18)16(19)20/h1-9H,10H2,(H,19,20). The fraction of sp³-hybridized carbons (Fsp3) is 0.0625. The largest absolute Gasteiger partial charge is 0.478 e. The molecule has 0 saturated heterocycles. The fourth-order valence-corrected chi connectivity index (χ4v) is 2.40. The van der Waals surface area contributed by atoms with Crippen molar-refractivity contribution in [1.29, 1.82) is 0 Å². The van der Waals surface area contributed by atoms with Crippen molar-refractivity contribution in [3.63, 3.8) is 0 Å². The van der Waals surface area contributed by atoms with Gasteiger partial charge in [0, 0.05) is 18.1 Å². The molecule has 0 unspecified atom stereocenters. The number of halogens is 1. The van der Waals surface area contributed by atoms with E-state index in [2.05, 4.69) is 0 Å². The molecule has 4 heteroatoms. The number of nitrogens with zero attached hydrogens (tertiary/aromatic N) is 1. The van der Waals surface area contributed by atoms with Crippen LogP contribution < -0.4 is 0 Å². The van der Waals surface area contributed by atoms with Gasteiger partial charge in [-0.05, 0) is 29.8 Å². The molecule has 0 spiro atoms. The van der Waals surface area contributed by atoms with Crippen molar-refractivity contribution in [2.45, 2.75) is 6.54 Å². The first kappa shape index (κ1) is 12.4. The van der Waals surface area contributed by atoms with Gasteiger partial charge in [-0.15, -0.1) is 0 Å². The van der Waals surface area contributed by atoms with Gasteiger partial charge in [-0.25, -0.2) is 9.18 Å². The Balaban J connectivity index is 2.10. The number of aromatic nitrogens is 1. The molecule has 1 heterocycles. The Kier molecular flexibility index (Phi) is 2.99. The first-order chi connectivity index (χ1) is 9.65. The molecular weight excluding hydrogens is 257 g/mol. The number of para-hydroxylation sites is 1. The van der Waals surface area contributed by atoms with Crippen LogP contribution in [0, 0.1) is 5.82 Å².